The summed E-state index contributed by atoms with van der Waals surface area (Å²) in [5.41, 5.74) is 1.53. The van der Waals surface area contributed by atoms with Gasteiger partial charge in [-0.05, 0) is 38.5 Å². The Morgan fingerprint density at radius 1 is 1.06 bits per heavy atom. The number of carbonyl (C=O) groups excluding carboxylic acids is 2. The van der Waals surface area contributed by atoms with Crippen LogP contribution in [-0.2, 0) is 11.3 Å². The lowest BCUT2D eigenvalue weighted by atomic mass is 10.2. The number of hydrogen-bond donors (Lipinski definition) is 0. The van der Waals surface area contributed by atoms with Gasteiger partial charge in [0.15, 0.2) is 0 Å². The Bertz CT molecular complexity index is 1210. The van der Waals surface area contributed by atoms with Crippen molar-refractivity contribution in [3.05, 3.63) is 57.5 Å². The fourth-order valence-corrected chi connectivity index (χ4v) is 5.36. The smallest absolute Gasteiger partial charge is 0.264 e. The molecule has 0 saturated carbocycles. The number of aryl methyl sites for hydroxylation is 1. The molecule has 3 aromatic rings. The maximum absolute atomic E-state index is 13.3. The average molecular weight is 468 g/mol. The zero-order chi connectivity index (χ0) is 23.5. The minimum Gasteiger partial charge on any atom is -0.368 e. The van der Waals surface area contributed by atoms with Crippen LogP contribution in [-0.4, -0.2) is 70.4 Å². The van der Waals surface area contributed by atoms with E-state index in [0.717, 1.165) is 18.8 Å². The van der Waals surface area contributed by atoms with Gasteiger partial charge >= 0.3 is 0 Å². The molecule has 8 nitrogen and oxygen atoms in total. The molecule has 0 aliphatic carbocycles. The molecule has 2 aromatic heterocycles. The van der Waals surface area contributed by atoms with Gasteiger partial charge in [-0.25, -0.2) is 4.98 Å². The maximum Gasteiger partial charge on any atom is 0.264 e. The molecule has 3 heterocycles. The van der Waals surface area contributed by atoms with Crippen molar-refractivity contribution in [1.29, 1.82) is 0 Å². The van der Waals surface area contributed by atoms with E-state index >= 15 is 0 Å². The van der Waals surface area contributed by atoms with E-state index in [9.17, 15) is 14.4 Å². The van der Waals surface area contributed by atoms with Crippen LogP contribution in [0.4, 0.5) is 5.69 Å². The zero-order valence-corrected chi connectivity index (χ0v) is 20.1. The summed E-state index contributed by atoms with van der Waals surface area (Å²) < 4.78 is 1.34. The van der Waals surface area contributed by atoms with Crippen LogP contribution >= 0.6 is 11.3 Å². The molecular weight excluding hydrogens is 438 g/mol. The molecule has 0 atom stereocenters. The van der Waals surface area contributed by atoms with Crippen LogP contribution in [0.3, 0.4) is 0 Å². The first kappa shape index (κ1) is 23.0. The Morgan fingerprint density at radius 3 is 2.36 bits per heavy atom. The number of likely N-dealkylation sites (N-methyl/N-ethyl adjacent to an activating group) is 1. The number of nitrogens with zero attached hydrogens (tertiary/aromatic N) is 5. The number of hydrogen-bond acceptors (Lipinski definition) is 6. The molecule has 0 radical (unpaired) electrons. The number of fused-ring (bicyclic) bond motifs is 1. The lowest BCUT2D eigenvalue weighted by Gasteiger charge is -2.36. The zero-order valence-electron chi connectivity index (χ0n) is 19.3. The summed E-state index contributed by atoms with van der Waals surface area (Å²) in [4.78, 5) is 50.2. The largest absolute Gasteiger partial charge is 0.368 e. The van der Waals surface area contributed by atoms with E-state index in [1.54, 1.807) is 11.8 Å². The first-order chi connectivity index (χ1) is 15.9. The van der Waals surface area contributed by atoms with Crippen LogP contribution in [0.15, 0.2) is 41.5 Å². The van der Waals surface area contributed by atoms with Crippen molar-refractivity contribution in [2.24, 2.45) is 0 Å². The molecule has 33 heavy (non-hydrogen) atoms. The van der Waals surface area contributed by atoms with Crippen molar-refractivity contribution >= 4 is 39.1 Å². The van der Waals surface area contributed by atoms with Gasteiger partial charge < -0.3 is 14.7 Å². The van der Waals surface area contributed by atoms with E-state index in [0.29, 0.717) is 46.8 Å². The molecule has 0 N–H and O–H groups in total. The predicted octanol–water partition coefficient (Wildman–Crippen LogP) is 2.60. The predicted molar refractivity (Wildman–Crippen MR) is 131 cm³/mol. The maximum atomic E-state index is 13.3. The van der Waals surface area contributed by atoms with Gasteiger partial charge in [0, 0.05) is 45.0 Å². The fraction of sp³-hybridized carbons (Fsp3) is 0.417. The summed E-state index contributed by atoms with van der Waals surface area (Å²) in [6.45, 7) is 9.51. The Kier molecular flexibility index (Phi) is 6.78. The molecular formula is C24H29N5O3S. The number of aromatic nitrogens is 2. The van der Waals surface area contributed by atoms with E-state index in [1.165, 1.54) is 22.2 Å². The summed E-state index contributed by atoms with van der Waals surface area (Å²) in [6, 6.07) is 10.2. The molecule has 1 aliphatic heterocycles. The topological polar surface area (TPSA) is 78.8 Å². The second-order valence-electron chi connectivity index (χ2n) is 8.09. The second-order valence-corrected chi connectivity index (χ2v) is 9.09. The highest BCUT2D eigenvalue weighted by molar-refractivity contribution is 7.20. The minimum atomic E-state index is -0.276. The van der Waals surface area contributed by atoms with Crippen molar-refractivity contribution in [3.63, 3.8) is 0 Å². The summed E-state index contributed by atoms with van der Waals surface area (Å²) in [6.07, 6.45) is 1.41. The van der Waals surface area contributed by atoms with Gasteiger partial charge in [0.1, 0.15) is 11.4 Å². The van der Waals surface area contributed by atoms with Crippen molar-refractivity contribution < 1.29 is 9.59 Å². The number of thiophene rings is 1. The molecule has 0 unspecified atom stereocenters. The normalized spacial score (nSPS) is 14.0. The van der Waals surface area contributed by atoms with Crippen LogP contribution in [0.1, 0.15) is 29.1 Å². The third-order valence-electron chi connectivity index (χ3n) is 6.22. The summed E-state index contributed by atoms with van der Waals surface area (Å²) in [5, 5.41) is 0.432. The van der Waals surface area contributed by atoms with Gasteiger partial charge in [0.2, 0.25) is 5.91 Å². The number of rotatable bonds is 6. The molecule has 174 valence electrons. The van der Waals surface area contributed by atoms with E-state index in [1.807, 2.05) is 36.9 Å². The Morgan fingerprint density at radius 2 is 1.73 bits per heavy atom. The van der Waals surface area contributed by atoms with Crippen molar-refractivity contribution in [2.75, 3.05) is 44.2 Å². The Labute approximate surface area is 197 Å². The highest BCUT2D eigenvalue weighted by Gasteiger charge is 2.27. The van der Waals surface area contributed by atoms with E-state index in [-0.39, 0.29) is 23.9 Å². The van der Waals surface area contributed by atoms with Gasteiger partial charge in [0.25, 0.3) is 11.5 Å². The van der Waals surface area contributed by atoms with Gasteiger partial charge in [-0.3, -0.25) is 19.0 Å². The third-order valence-corrected chi connectivity index (χ3v) is 7.41. The van der Waals surface area contributed by atoms with Crippen LogP contribution in [0.25, 0.3) is 10.2 Å². The standard InChI is InChI=1S/C24H29N5O3S/c1-4-26(5-2)19(30)15-29-16-25-22-20(23(29)31)17(3)21(33-22)24(32)28-13-11-27(12-14-28)18-9-7-6-8-10-18/h6-10,16H,4-5,11-15H2,1-3H3. The number of carbonyl (C=O) groups is 2. The lowest BCUT2D eigenvalue weighted by Crippen LogP contribution is -2.48. The van der Waals surface area contributed by atoms with Crippen molar-refractivity contribution in [1.82, 2.24) is 19.4 Å². The number of benzene rings is 1. The molecule has 1 saturated heterocycles. The highest BCUT2D eigenvalue weighted by Crippen LogP contribution is 2.28. The van der Waals surface area contributed by atoms with Gasteiger partial charge in [-0.2, -0.15) is 0 Å². The average Bonchev–Trinajstić information content (AvgIpc) is 3.19. The van der Waals surface area contributed by atoms with E-state index in [2.05, 4.69) is 22.0 Å². The van der Waals surface area contributed by atoms with Crippen LogP contribution in [0.5, 0.6) is 0 Å². The minimum absolute atomic E-state index is 0.0521. The van der Waals surface area contributed by atoms with Crippen molar-refractivity contribution in [3.8, 4) is 0 Å². The molecule has 1 aliphatic rings. The Hall–Kier alpha value is -3.20. The SMILES string of the molecule is CCN(CC)C(=O)Cn1cnc2sc(C(=O)N3CCN(c4ccccc4)CC3)c(C)c2c1=O. The van der Waals surface area contributed by atoms with Gasteiger partial charge in [-0.15, -0.1) is 11.3 Å². The van der Waals surface area contributed by atoms with Crippen LogP contribution in [0, 0.1) is 6.92 Å². The van der Waals surface area contributed by atoms with Gasteiger partial charge in [-0.1, -0.05) is 18.2 Å². The number of para-hydroxylation sites is 1. The molecule has 4 rings (SSSR count). The monoisotopic (exact) mass is 467 g/mol. The molecule has 0 spiro atoms. The molecule has 1 fully saturated rings. The molecule has 2 amide bonds. The van der Waals surface area contributed by atoms with Gasteiger partial charge in [0.05, 0.1) is 16.6 Å². The lowest BCUT2D eigenvalue weighted by molar-refractivity contribution is -0.131. The number of piperazine rings is 1. The Balaban J connectivity index is 1.53. The quantitative estimate of drug-likeness (QED) is 0.557. The summed E-state index contributed by atoms with van der Waals surface area (Å²) >= 11 is 1.26. The molecule has 1 aromatic carbocycles. The highest BCUT2D eigenvalue weighted by atomic mass is 32.1. The van der Waals surface area contributed by atoms with Crippen LogP contribution in [0.2, 0.25) is 0 Å². The van der Waals surface area contributed by atoms with E-state index < -0.39 is 0 Å². The number of anilines is 1. The summed E-state index contributed by atoms with van der Waals surface area (Å²) in [5.74, 6) is -0.183. The van der Waals surface area contributed by atoms with E-state index in [4.69, 9.17) is 0 Å². The summed E-state index contributed by atoms with van der Waals surface area (Å²) in [7, 11) is 0. The van der Waals surface area contributed by atoms with Crippen LogP contribution < -0.4 is 10.5 Å². The molecule has 0 bridgehead atoms. The number of amides is 2. The third kappa shape index (κ3) is 4.50. The van der Waals surface area contributed by atoms with Crippen molar-refractivity contribution in [2.45, 2.75) is 27.3 Å². The first-order valence-electron chi connectivity index (χ1n) is 11.3. The fourth-order valence-electron chi connectivity index (χ4n) is 4.25. The molecule has 9 heteroatoms. The second kappa shape index (κ2) is 9.74. The first-order valence-corrected chi connectivity index (χ1v) is 12.1.